The lowest BCUT2D eigenvalue weighted by Gasteiger charge is -2.48. The molecule has 0 saturated carbocycles. The normalized spacial score (nSPS) is 21.2. The number of carbonyl (C=O) groups is 2. The molecule has 194 valence electrons. The molecule has 2 aromatic carbocycles. The summed E-state index contributed by atoms with van der Waals surface area (Å²) in [7, 11) is 2.02. The van der Waals surface area contributed by atoms with Crippen molar-refractivity contribution in [2.45, 2.75) is 65.9 Å². The van der Waals surface area contributed by atoms with Crippen molar-refractivity contribution in [2.75, 3.05) is 7.05 Å². The molecule has 3 aliphatic rings. The third kappa shape index (κ3) is 4.86. The van der Waals surface area contributed by atoms with Gasteiger partial charge in [-0.15, -0.1) is 0 Å². The van der Waals surface area contributed by atoms with E-state index in [1.807, 2.05) is 37.4 Å². The Morgan fingerprint density at radius 2 is 1.43 bits per heavy atom. The van der Waals surface area contributed by atoms with E-state index in [1.165, 1.54) is 0 Å². The maximum absolute atomic E-state index is 13.8. The predicted octanol–water partition coefficient (Wildman–Crippen LogP) is 7.89. The standard InChI is InChI=1S/C31H33Cl2NO3/c1-30(2)13-22-28(24(35)15-30)27(29-23(34(22)5)14-31(3,4)16-25(29)36)20-8-6-7-9-26(20)37-17-18-10-11-19(32)12-21(18)33/h6-12,27H,13-17H2,1-5H3. The van der Waals surface area contributed by atoms with Crippen LogP contribution in [0, 0.1) is 10.8 Å². The highest BCUT2D eigenvalue weighted by molar-refractivity contribution is 6.35. The van der Waals surface area contributed by atoms with Crippen LogP contribution in [-0.2, 0) is 16.2 Å². The number of para-hydroxylation sites is 1. The van der Waals surface area contributed by atoms with E-state index >= 15 is 0 Å². The van der Waals surface area contributed by atoms with Gasteiger partial charge in [-0.25, -0.2) is 0 Å². The Kier molecular flexibility index (Phi) is 6.57. The molecule has 1 heterocycles. The van der Waals surface area contributed by atoms with E-state index in [1.54, 1.807) is 12.1 Å². The smallest absolute Gasteiger partial charge is 0.162 e. The lowest BCUT2D eigenvalue weighted by Crippen LogP contribution is -2.43. The highest BCUT2D eigenvalue weighted by atomic mass is 35.5. The Morgan fingerprint density at radius 1 is 0.865 bits per heavy atom. The molecule has 1 aliphatic heterocycles. The average Bonchev–Trinajstić information content (AvgIpc) is 2.79. The van der Waals surface area contributed by atoms with Crippen molar-refractivity contribution in [3.8, 4) is 5.75 Å². The fraction of sp³-hybridized carbons (Fsp3) is 0.419. The van der Waals surface area contributed by atoms with Crippen LogP contribution in [-0.4, -0.2) is 23.5 Å². The minimum Gasteiger partial charge on any atom is -0.489 e. The zero-order valence-electron chi connectivity index (χ0n) is 22.1. The van der Waals surface area contributed by atoms with E-state index < -0.39 is 5.92 Å². The number of rotatable bonds is 4. The van der Waals surface area contributed by atoms with Gasteiger partial charge in [-0.05, 0) is 41.9 Å². The second-order valence-electron chi connectivity index (χ2n) is 12.2. The molecule has 4 nitrogen and oxygen atoms in total. The summed E-state index contributed by atoms with van der Waals surface area (Å²) in [5.74, 6) is 0.438. The van der Waals surface area contributed by atoms with Gasteiger partial charge in [0.15, 0.2) is 11.6 Å². The second-order valence-corrected chi connectivity index (χ2v) is 13.0. The lowest BCUT2D eigenvalue weighted by molar-refractivity contribution is -0.119. The van der Waals surface area contributed by atoms with Gasteiger partial charge in [0.25, 0.3) is 0 Å². The van der Waals surface area contributed by atoms with E-state index in [9.17, 15) is 9.59 Å². The van der Waals surface area contributed by atoms with Crippen molar-refractivity contribution >= 4 is 34.8 Å². The van der Waals surface area contributed by atoms with E-state index in [0.29, 0.717) is 28.6 Å². The number of ether oxygens (including phenoxy) is 1. The van der Waals surface area contributed by atoms with E-state index in [-0.39, 0.29) is 29.0 Å². The van der Waals surface area contributed by atoms with Crippen LogP contribution in [0.25, 0.3) is 0 Å². The molecule has 0 atom stereocenters. The van der Waals surface area contributed by atoms with Gasteiger partial charge >= 0.3 is 0 Å². The van der Waals surface area contributed by atoms with Crippen LogP contribution in [0.5, 0.6) is 5.75 Å². The summed E-state index contributed by atoms with van der Waals surface area (Å²) in [4.78, 5) is 29.7. The number of hydrogen-bond donors (Lipinski definition) is 0. The van der Waals surface area contributed by atoms with E-state index in [4.69, 9.17) is 27.9 Å². The summed E-state index contributed by atoms with van der Waals surface area (Å²) in [6.07, 6.45) is 2.50. The quantitative estimate of drug-likeness (QED) is 0.397. The van der Waals surface area contributed by atoms with Gasteiger partial charge in [-0.1, -0.05) is 75.2 Å². The molecule has 0 amide bonds. The first-order valence-corrected chi connectivity index (χ1v) is 13.5. The summed E-state index contributed by atoms with van der Waals surface area (Å²) in [6, 6.07) is 13.1. The first-order chi connectivity index (χ1) is 17.4. The van der Waals surface area contributed by atoms with Crippen molar-refractivity contribution in [1.29, 1.82) is 0 Å². The van der Waals surface area contributed by atoms with Crippen molar-refractivity contribution in [3.05, 3.63) is 86.2 Å². The summed E-state index contributed by atoms with van der Waals surface area (Å²) in [5, 5.41) is 1.10. The molecule has 0 saturated heterocycles. The molecule has 0 spiro atoms. The number of ketones is 2. The molecule has 37 heavy (non-hydrogen) atoms. The molecule has 2 aromatic rings. The Labute approximate surface area is 229 Å². The minimum atomic E-state index is -0.440. The molecular formula is C31H33Cl2NO3. The summed E-state index contributed by atoms with van der Waals surface area (Å²) >= 11 is 12.5. The maximum Gasteiger partial charge on any atom is 0.162 e. The van der Waals surface area contributed by atoms with Crippen molar-refractivity contribution in [3.63, 3.8) is 0 Å². The first kappa shape index (κ1) is 26.1. The zero-order valence-corrected chi connectivity index (χ0v) is 23.6. The van der Waals surface area contributed by atoms with Crippen LogP contribution in [0.1, 0.15) is 70.4 Å². The molecule has 6 heteroatoms. The second kappa shape index (κ2) is 9.32. The minimum absolute atomic E-state index is 0.114. The molecule has 0 unspecified atom stereocenters. The van der Waals surface area contributed by atoms with Gasteiger partial charge < -0.3 is 9.64 Å². The number of allylic oxidation sites excluding steroid dienone is 4. The number of carbonyl (C=O) groups excluding carboxylic acids is 2. The van der Waals surface area contributed by atoms with Gasteiger partial charge in [0.2, 0.25) is 0 Å². The van der Waals surface area contributed by atoms with Gasteiger partial charge in [-0.3, -0.25) is 9.59 Å². The predicted molar refractivity (Wildman–Crippen MR) is 148 cm³/mol. The number of hydrogen-bond acceptors (Lipinski definition) is 4. The van der Waals surface area contributed by atoms with Crippen LogP contribution in [0.4, 0.5) is 0 Å². The van der Waals surface area contributed by atoms with Crippen LogP contribution >= 0.6 is 23.2 Å². The van der Waals surface area contributed by atoms with E-state index in [2.05, 4.69) is 32.6 Å². The van der Waals surface area contributed by atoms with Crippen molar-refractivity contribution < 1.29 is 14.3 Å². The Morgan fingerprint density at radius 3 is 2.00 bits per heavy atom. The molecule has 0 fully saturated rings. The molecule has 0 aromatic heterocycles. The molecule has 5 rings (SSSR count). The highest BCUT2D eigenvalue weighted by Crippen LogP contribution is 2.55. The number of Topliss-reactive ketones (excluding diaryl/α,β-unsaturated/α-hetero) is 2. The Hall–Kier alpha value is -2.56. The molecular weight excluding hydrogens is 505 g/mol. The molecule has 0 radical (unpaired) electrons. The molecule has 2 aliphatic carbocycles. The fourth-order valence-electron chi connectivity index (χ4n) is 6.12. The third-order valence-electron chi connectivity index (χ3n) is 7.81. The fourth-order valence-corrected chi connectivity index (χ4v) is 6.58. The van der Waals surface area contributed by atoms with Crippen molar-refractivity contribution in [1.82, 2.24) is 4.90 Å². The van der Waals surface area contributed by atoms with Crippen LogP contribution < -0.4 is 4.74 Å². The first-order valence-electron chi connectivity index (χ1n) is 12.8. The van der Waals surface area contributed by atoms with Gasteiger partial charge in [0.05, 0.1) is 0 Å². The van der Waals surface area contributed by atoms with Crippen molar-refractivity contribution in [2.24, 2.45) is 10.8 Å². The summed E-state index contributed by atoms with van der Waals surface area (Å²) in [5.41, 5.74) is 4.95. The van der Waals surface area contributed by atoms with E-state index in [0.717, 1.165) is 46.5 Å². The van der Waals surface area contributed by atoms with Gasteiger partial charge in [-0.2, -0.15) is 0 Å². The Bertz CT molecular complexity index is 1310. The zero-order chi connectivity index (χ0) is 26.7. The van der Waals surface area contributed by atoms with Crippen LogP contribution in [0.3, 0.4) is 0 Å². The Balaban J connectivity index is 1.64. The largest absolute Gasteiger partial charge is 0.489 e. The third-order valence-corrected chi connectivity index (χ3v) is 8.40. The summed E-state index contributed by atoms with van der Waals surface area (Å²) < 4.78 is 6.33. The molecule has 0 bridgehead atoms. The van der Waals surface area contributed by atoms with Gasteiger partial charge in [0, 0.05) is 69.5 Å². The lowest BCUT2D eigenvalue weighted by atomic mass is 9.63. The highest BCUT2D eigenvalue weighted by Gasteiger charge is 2.48. The number of halogens is 2. The topological polar surface area (TPSA) is 46.6 Å². The average molecular weight is 539 g/mol. The SMILES string of the molecule is CN1C2=C(C(=O)CC(C)(C)C2)C(c2ccccc2OCc2ccc(Cl)cc2Cl)C2=C1CC(C)(C)CC2=O. The monoisotopic (exact) mass is 537 g/mol. The maximum atomic E-state index is 13.8. The van der Waals surface area contributed by atoms with Crippen LogP contribution in [0.2, 0.25) is 10.0 Å². The number of benzene rings is 2. The van der Waals surface area contributed by atoms with Gasteiger partial charge in [0.1, 0.15) is 12.4 Å². The van der Waals surface area contributed by atoms with Crippen LogP contribution in [0.15, 0.2) is 65.0 Å². The summed E-state index contributed by atoms with van der Waals surface area (Å²) in [6.45, 7) is 8.82. The number of nitrogens with zero attached hydrogens (tertiary/aromatic N) is 1. The molecule has 0 N–H and O–H groups in total.